The van der Waals surface area contributed by atoms with Crippen molar-refractivity contribution in [3.63, 3.8) is 0 Å². The van der Waals surface area contributed by atoms with Gasteiger partial charge in [-0.15, -0.1) is 0 Å². The monoisotopic (exact) mass is 286 g/mol. The summed E-state index contributed by atoms with van der Waals surface area (Å²) in [7, 11) is 1.95. The summed E-state index contributed by atoms with van der Waals surface area (Å²) in [5, 5.41) is 13.0. The van der Waals surface area contributed by atoms with Crippen molar-refractivity contribution in [2.75, 3.05) is 7.05 Å². The summed E-state index contributed by atoms with van der Waals surface area (Å²) in [4.78, 5) is 3.76. The maximum atomic E-state index is 6.91. The highest BCUT2D eigenvalue weighted by Crippen LogP contribution is 2.26. The van der Waals surface area contributed by atoms with E-state index in [9.17, 15) is 0 Å². The zero-order valence-electron chi connectivity index (χ0n) is 11.4. The standard InChI is InChI=1S/C15H18N4S/c1-18-8-11-6-7-12(9-20-15(17)19-10-16)14-5-3-2-4-13(11)14/h2-7,10,18H,8-9H2,1H3,(H3,16,17,19). The van der Waals surface area contributed by atoms with Gasteiger partial charge in [0.1, 0.15) is 6.34 Å². The van der Waals surface area contributed by atoms with Crippen molar-refractivity contribution in [2.24, 2.45) is 10.7 Å². The van der Waals surface area contributed by atoms with Crippen LogP contribution in [0.5, 0.6) is 0 Å². The summed E-state index contributed by atoms with van der Waals surface area (Å²) in [5.74, 6) is 0.753. The number of fused-ring (bicyclic) bond motifs is 1. The molecule has 0 spiro atoms. The molecule has 0 atom stereocenters. The van der Waals surface area contributed by atoms with Gasteiger partial charge in [0.2, 0.25) is 0 Å². The fraction of sp³-hybridized carbons (Fsp3) is 0.200. The molecule has 0 aliphatic carbocycles. The number of benzene rings is 2. The Bertz CT molecular complexity index is 637. The minimum Gasteiger partial charge on any atom is -0.378 e. The van der Waals surface area contributed by atoms with E-state index >= 15 is 0 Å². The molecule has 0 saturated heterocycles. The molecule has 4 N–H and O–H groups in total. The molecule has 104 valence electrons. The predicted octanol–water partition coefficient (Wildman–Crippen LogP) is 2.71. The van der Waals surface area contributed by atoms with Gasteiger partial charge in [-0.05, 0) is 28.9 Å². The Balaban J connectivity index is 2.33. The molecule has 20 heavy (non-hydrogen) atoms. The SMILES string of the molecule is CNCc1ccc(CSC(N)=NC=N)c2ccccc12. The molecule has 0 radical (unpaired) electrons. The van der Waals surface area contributed by atoms with Crippen LogP contribution in [0.15, 0.2) is 41.4 Å². The van der Waals surface area contributed by atoms with E-state index in [-0.39, 0.29) is 0 Å². The minimum atomic E-state index is 0.420. The molecule has 0 amide bonds. The van der Waals surface area contributed by atoms with Gasteiger partial charge in [0, 0.05) is 12.3 Å². The number of amidine groups is 1. The molecule has 0 aliphatic heterocycles. The Kier molecular flexibility index (Phi) is 5.15. The van der Waals surface area contributed by atoms with Crippen LogP contribution in [0.3, 0.4) is 0 Å². The first-order chi connectivity index (χ1) is 9.76. The van der Waals surface area contributed by atoms with E-state index in [1.807, 2.05) is 7.05 Å². The van der Waals surface area contributed by atoms with E-state index in [1.165, 1.54) is 33.7 Å². The largest absolute Gasteiger partial charge is 0.378 e. The molecule has 0 heterocycles. The molecule has 0 unspecified atom stereocenters. The molecular formula is C15H18N4S. The topological polar surface area (TPSA) is 74.3 Å². The van der Waals surface area contributed by atoms with Crippen molar-refractivity contribution in [3.8, 4) is 0 Å². The normalized spacial score (nSPS) is 11.8. The summed E-state index contributed by atoms with van der Waals surface area (Å²) in [6.45, 7) is 0.853. The molecule has 0 bridgehead atoms. The van der Waals surface area contributed by atoms with E-state index in [0.717, 1.165) is 18.6 Å². The molecule has 5 heteroatoms. The maximum Gasteiger partial charge on any atom is 0.160 e. The van der Waals surface area contributed by atoms with E-state index < -0.39 is 0 Å². The van der Waals surface area contributed by atoms with Crippen LogP contribution in [-0.2, 0) is 12.3 Å². The van der Waals surface area contributed by atoms with E-state index in [0.29, 0.717) is 5.17 Å². The van der Waals surface area contributed by atoms with Crippen LogP contribution in [0.2, 0.25) is 0 Å². The Hall–Kier alpha value is -1.85. The molecule has 2 aromatic rings. The molecule has 0 aliphatic rings. The van der Waals surface area contributed by atoms with Gasteiger partial charge in [0.15, 0.2) is 5.17 Å². The average molecular weight is 286 g/mol. The average Bonchev–Trinajstić information content (AvgIpc) is 2.47. The van der Waals surface area contributed by atoms with Gasteiger partial charge in [-0.1, -0.05) is 48.2 Å². The lowest BCUT2D eigenvalue weighted by atomic mass is 10.0. The van der Waals surface area contributed by atoms with Gasteiger partial charge < -0.3 is 11.1 Å². The fourth-order valence-corrected chi connectivity index (χ4v) is 2.83. The van der Waals surface area contributed by atoms with E-state index in [2.05, 4.69) is 46.7 Å². The summed E-state index contributed by atoms with van der Waals surface area (Å²) >= 11 is 1.45. The Morgan fingerprint density at radius 1 is 1.25 bits per heavy atom. The van der Waals surface area contributed by atoms with Crippen molar-refractivity contribution in [3.05, 3.63) is 47.5 Å². The number of nitrogens with one attached hydrogen (secondary N) is 2. The first-order valence-electron chi connectivity index (χ1n) is 6.35. The Morgan fingerprint density at radius 3 is 2.55 bits per heavy atom. The Labute approximate surface area is 123 Å². The number of hydrogen-bond donors (Lipinski definition) is 3. The summed E-state index contributed by atoms with van der Waals surface area (Å²) in [6.07, 6.45) is 0.969. The number of hydrogen-bond acceptors (Lipinski definition) is 3. The zero-order valence-corrected chi connectivity index (χ0v) is 12.2. The van der Waals surface area contributed by atoms with Crippen molar-refractivity contribution >= 4 is 34.0 Å². The highest BCUT2D eigenvalue weighted by Gasteiger charge is 2.06. The number of thioether (sulfide) groups is 1. The minimum absolute atomic E-state index is 0.420. The third-order valence-corrected chi connectivity index (χ3v) is 3.90. The summed E-state index contributed by atoms with van der Waals surface area (Å²) in [6, 6.07) is 12.7. The second-order valence-corrected chi connectivity index (χ2v) is 5.34. The van der Waals surface area contributed by atoms with Gasteiger partial charge in [-0.3, -0.25) is 5.41 Å². The van der Waals surface area contributed by atoms with Crippen LogP contribution in [0.1, 0.15) is 11.1 Å². The highest BCUT2D eigenvalue weighted by atomic mass is 32.2. The smallest absolute Gasteiger partial charge is 0.160 e. The first-order valence-corrected chi connectivity index (χ1v) is 7.34. The van der Waals surface area contributed by atoms with Crippen LogP contribution in [0.25, 0.3) is 10.8 Å². The van der Waals surface area contributed by atoms with Crippen molar-refractivity contribution in [2.45, 2.75) is 12.3 Å². The zero-order chi connectivity index (χ0) is 14.4. The third kappa shape index (κ3) is 3.37. The molecular weight excluding hydrogens is 268 g/mol. The molecule has 0 saturated carbocycles. The predicted molar refractivity (Wildman–Crippen MR) is 88.4 cm³/mol. The van der Waals surface area contributed by atoms with Crippen molar-refractivity contribution in [1.29, 1.82) is 5.41 Å². The molecule has 0 fully saturated rings. The highest BCUT2D eigenvalue weighted by molar-refractivity contribution is 8.13. The van der Waals surface area contributed by atoms with E-state index in [4.69, 9.17) is 11.1 Å². The van der Waals surface area contributed by atoms with Gasteiger partial charge in [-0.25, -0.2) is 4.99 Å². The van der Waals surface area contributed by atoms with Crippen molar-refractivity contribution < 1.29 is 0 Å². The second-order valence-electron chi connectivity index (χ2n) is 4.34. The lowest BCUT2D eigenvalue weighted by molar-refractivity contribution is 0.823. The molecule has 2 rings (SSSR count). The van der Waals surface area contributed by atoms with Gasteiger partial charge in [0.05, 0.1) is 0 Å². The van der Waals surface area contributed by atoms with Crippen molar-refractivity contribution in [1.82, 2.24) is 5.32 Å². The van der Waals surface area contributed by atoms with E-state index in [1.54, 1.807) is 0 Å². The number of nitrogens with zero attached hydrogens (tertiary/aromatic N) is 1. The molecule has 0 aromatic heterocycles. The van der Waals surface area contributed by atoms with Gasteiger partial charge in [-0.2, -0.15) is 0 Å². The van der Waals surface area contributed by atoms with Crippen LogP contribution >= 0.6 is 11.8 Å². The maximum absolute atomic E-state index is 6.91. The molecule has 4 nitrogen and oxygen atoms in total. The quantitative estimate of drug-likeness (QED) is 0.584. The lowest BCUT2D eigenvalue weighted by Crippen LogP contribution is -2.07. The van der Waals surface area contributed by atoms with Crippen LogP contribution in [-0.4, -0.2) is 18.6 Å². The summed E-state index contributed by atoms with van der Waals surface area (Å²) in [5.41, 5.74) is 8.23. The number of aliphatic imine (C=N–C) groups is 1. The lowest BCUT2D eigenvalue weighted by Gasteiger charge is -2.10. The number of nitrogens with two attached hydrogens (primary N) is 1. The first kappa shape index (κ1) is 14.6. The summed E-state index contributed by atoms with van der Waals surface area (Å²) < 4.78 is 0. The van der Waals surface area contributed by atoms with Crippen LogP contribution in [0, 0.1) is 5.41 Å². The fourth-order valence-electron chi connectivity index (χ4n) is 2.15. The number of rotatable bonds is 5. The van der Waals surface area contributed by atoms with Gasteiger partial charge >= 0.3 is 0 Å². The van der Waals surface area contributed by atoms with Crippen LogP contribution < -0.4 is 11.1 Å². The molecule has 2 aromatic carbocycles. The third-order valence-electron chi connectivity index (χ3n) is 3.04. The van der Waals surface area contributed by atoms with Crippen LogP contribution in [0.4, 0.5) is 0 Å². The second kappa shape index (κ2) is 7.07. The Morgan fingerprint density at radius 2 is 1.90 bits per heavy atom. The van der Waals surface area contributed by atoms with Gasteiger partial charge in [0.25, 0.3) is 0 Å².